The standard InChI is InChI=1S/C16H20O6/c17-9-10-21-15(19)11-1-3-12(4-2-11)16(20)22-14-7-5-13(18)6-8-14/h1-4,13-14,17-18H,5-10H2. The van der Waals surface area contributed by atoms with Crippen LogP contribution in [0.2, 0.25) is 0 Å². The van der Waals surface area contributed by atoms with E-state index in [0.29, 0.717) is 36.8 Å². The highest BCUT2D eigenvalue weighted by molar-refractivity contribution is 5.93. The van der Waals surface area contributed by atoms with Crippen molar-refractivity contribution >= 4 is 11.9 Å². The number of carbonyl (C=O) groups is 2. The van der Waals surface area contributed by atoms with E-state index in [-0.39, 0.29) is 25.4 Å². The van der Waals surface area contributed by atoms with Gasteiger partial charge >= 0.3 is 11.9 Å². The first kappa shape index (κ1) is 16.5. The lowest BCUT2D eigenvalue weighted by Crippen LogP contribution is -2.26. The summed E-state index contributed by atoms with van der Waals surface area (Å²) in [5.74, 6) is -0.980. The number of aliphatic hydroxyl groups is 2. The molecule has 0 bridgehead atoms. The van der Waals surface area contributed by atoms with Gasteiger partial charge in [-0.3, -0.25) is 0 Å². The number of carbonyl (C=O) groups excluding carboxylic acids is 2. The molecule has 2 rings (SSSR count). The van der Waals surface area contributed by atoms with Gasteiger partial charge < -0.3 is 19.7 Å². The Bertz CT molecular complexity index is 502. The second-order valence-electron chi connectivity index (χ2n) is 5.27. The predicted molar refractivity (Wildman–Crippen MR) is 77.5 cm³/mol. The molecule has 1 fully saturated rings. The van der Waals surface area contributed by atoms with E-state index >= 15 is 0 Å². The molecule has 6 heteroatoms. The maximum Gasteiger partial charge on any atom is 0.338 e. The molecule has 1 aliphatic carbocycles. The average Bonchev–Trinajstić information content (AvgIpc) is 2.55. The molecule has 1 aliphatic rings. The van der Waals surface area contributed by atoms with Crippen LogP contribution in [0, 0.1) is 0 Å². The second-order valence-corrected chi connectivity index (χ2v) is 5.27. The van der Waals surface area contributed by atoms with Crippen LogP contribution in [0.25, 0.3) is 0 Å². The van der Waals surface area contributed by atoms with Crippen LogP contribution in [0.1, 0.15) is 46.4 Å². The maximum atomic E-state index is 12.0. The molecule has 1 aromatic carbocycles. The molecule has 0 saturated heterocycles. The molecule has 0 spiro atoms. The molecular weight excluding hydrogens is 288 g/mol. The van der Waals surface area contributed by atoms with Crippen LogP contribution < -0.4 is 0 Å². The summed E-state index contributed by atoms with van der Waals surface area (Å²) in [5.41, 5.74) is 0.676. The Kier molecular flexibility index (Phi) is 5.91. The third-order valence-corrected chi connectivity index (χ3v) is 3.60. The Labute approximate surface area is 128 Å². The molecule has 0 atom stereocenters. The molecular formula is C16H20O6. The minimum absolute atomic E-state index is 0.0594. The summed E-state index contributed by atoms with van der Waals surface area (Å²) >= 11 is 0. The molecule has 0 heterocycles. The van der Waals surface area contributed by atoms with Crippen molar-refractivity contribution < 1.29 is 29.3 Å². The Morgan fingerprint density at radius 1 is 1.00 bits per heavy atom. The van der Waals surface area contributed by atoms with E-state index in [9.17, 15) is 14.7 Å². The van der Waals surface area contributed by atoms with Crippen LogP contribution in [0.5, 0.6) is 0 Å². The van der Waals surface area contributed by atoms with E-state index in [0.717, 1.165) is 0 Å². The van der Waals surface area contributed by atoms with Crippen LogP contribution in [-0.2, 0) is 9.47 Å². The fraction of sp³-hybridized carbons (Fsp3) is 0.500. The van der Waals surface area contributed by atoms with Crippen molar-refractivity contribution in [3.05, 3.63) is 35.4 Å². The highest BCUT2D eigenvalue weighted by atomic mass is 16.5. The van der Waals surface area contributed by atoms with E-state index in [1.54, 1.807) is 0 Å². The lowest BCUT2D eigenvalue weighted by atomic mass is 9.95. The number of aliphatic hydroxyl groups excluding tert-OH is 2. The molecule has 120 valence electrons. The summed E-state index contributed by atoms with van der Waals surface area (Å²) in [6.07, 6.45) is 2.17. The van der Waals surface area contributed by atoms with Crippen LogP contribution in [0.15, 0.2) is 24.3 Å². The highest BCUT2D eigenvalue weighted by Gasteiger charge is 2.23. The third kappa shape index (κ3) is 4.54. The molecule has 0 aromatic heterocycles. The third-order valence-electron chi connectivity index (χ3n) is 3.60. The lowest BCUT2D eigenvalue weighted by molar-refractivity contribution is 0.00457. The normalized spacial score (nSPS) is 21.2. The Morgan fingerprint density at radius 3 is 2.09 bits per heavy atom. The van der Waals surface area contributed by atoms with Crippen LogP contribution in [-0.4, -0.2) is 47.6 Å². The van der Waals surface area contributed by atoms with Crippen molar-refractivity contribution in [2.75, 3.05) is 13.2 Å². The summed E-state index contributed by atoms with van der Waals surface area (Å²) in [5, 5.41) is 18.0. The summed E-state index contributed by atoms with van der Waals surface area (Å²) in [6, 6.07) is 5.99. The number of esters is 2. The lowest BCUT2D eigenvalue weighted by Gasteiger charge is -2.25. The van der Waals surface area contributed by atoms with E-state index in [2.05, 4.69) is 0 Å². The number of hydrogen-bond acceptors (Lipinski definition) is 6. The summed E-state index contributed by atoms with van der Waals surface area (Å²) in [4.78, 5) is 23.6. The zero-order chi connectivity index (χ0) is 15.9. The zero-order valence-corrected chi connectivity index (χ0v) is 12.2. The zero-order valence-electron chi connectivity index (χ0n) is 12.2. The van der Waals surface area contributed by atoms with Gasteiger partial charge in [0.05, 0.1) is 23.8 Å². The van der Waals surface area contributed by atoms with Gasteiger partial charge in [0.1, 0.15) is 12.7 Å². The fourth-order valence-electron chi connectivity index (χ4n) is 2.35. The van der Waals surface area contributed by atoms with Crippen molar-refractivity contribution in [1.29, 1.82) is 0 Å². The number of hydrogen-bond donors (Lipinski definition) is 2. The number of ether oxygens (including phenoxy) is 2. The van der Waals surface area contributed by atoms with Gasteiger partial charge in [-0.05, 0) is 49.9 Å². The SMILES string of the molecule is O=C(OCCO)c1ccc(C(=O)OC2CCC(O)CC2)cc1. The first-order chi connectivity index (χ1) is 10.6. The average molecular weight is 308 g/mol. The van der Waals surface area contributed by atoms with Crippen LogP contribution in [0.4, 0.5) is 0 Å². The minimum atomic E-state index is -0.546. The van der Waals surface area contributed by atoms with Gasteiger partial charge in [-0.2, -0.15) is 0 Å². The Balaban J connectivity index is 1.89. The van der Waals surface area contributed by atoms with Gasteiger partial charge in [0.25, 0.3) is 0 Å². The largest absolute Gasteiger partial charge is 0.460 e. The molecule has 22 heavy (non-hydrogen) atoms. The van der Waals surface area contributed by atoms with E-state index in [1.807, 2.05) is 0 Å². The van der Waals surface area contributed by atoms with Crippen molar-refractivity contribution in [1.82, 2.24) is 0 Å². The highest BCUT2D eigenvalue weighted by Crippen LogP contribution is 2.22. The van der Waals surface area contributed by atoms with Crippen LogP contribution in [0.3, 0.4) is 0 Å². The first-order valence-electron chi connectivity index (χ1n) is 7.37. The monoisotopic (exact) mass is 308 g/mol. The fourth-order valence-corrected chi connectivity index (χ4v) is 2.35. The predicted octanol–water partition coefficient (Wildman–Crippen LogP) is 1.30. The first-order valence-corrected chi connectivity index (χ1v) is 7.37. The van der Waals surface area contributed by atoms with Gasteiger partial charge in [-0.15, -0.1) is 0 Å². The molecule has 0 radical (unpaired) electrons. The second kappa shape index (κ2) is 7.91. The van der Waals surface area contributed by atoms with E-state index in [4.69, 9.17) is 14.6 Å². The van der Waals surface area contributed by atoms with Crippen molar-refractivity contribution in [2.45, 2.75) is 37.9 Å². The van der Waals surface area contributed by atoms with Gasteiger partial charge in [-0.1, -0.05) is 0 Å². The van der Waals surface area contributed by atoms with Gasteiger partial charge in [0.2, 0.25) is 0 Å². The molecule has 1 aromatic rings. The van der Waals surface area contributed by atoms with Gasteiger partial charge in [-0.25, -0.2) is 9.59 Å². The van der Waals surface area contributed by atoms with Gasteiger partial charge in [0, 0.05) is 0 Å². The smallest absolute Gasteiger partial charge is 0.338 e. The number of benzene rings is 1. The topological polar surface area (TPSA) is 93.1 Å². The summed E-state index contributed by atoms with van der Waals surface area (Å²) in [7, 11) is 0. The molecule has 0 unspecified atom stereocenters. The van der Waals surface area contributed by atoms with Gasteiger partial charge in [0.15, 0.2) is 0 Å². The van der Waals surface area contributed by atoms with Crippen LogP contribution >= 0.6 is 0 Å². The van der Waals surface area contributed by atoms with Crippen molar-refractivity contribution in [3.8, 4) is 0 Å². The van der Waals surface area contributed by atoms with E-state index < -0.39 is 11.9 Å². The van der Waals surface area contributed by atoms with E-state index in [1.165, 1.54) is 24.3 Å². The van der Waals surface area contributed by atoms with Crippen molar-refractivity contribution in [3.63, 3.8) is 0 Å². The summed E-state index contributed by atoms with van der Waals surface area (Å²) in [6.45, 7) is -0.289. The molecule has 2 N–H and O–H groups in total. The summed E-state index contributed by atoms with van der Waals surface area (Å²) < 4.78 is 10.2. The van der Waals surface area contributed by atoms with Crippen molar-refractivity contribution in [2.24, 2.45) is 0 Å². The molecule has 0 amide bonds. The Hall–Kier alpha value is -1.92. The molecule has 0 aliphatic heterocycles. The molecule has 6 nitrogen and oxygen atoms in total. The molecule has 1 saturated carbocycles. The quantitative estimate of drug-likeness (QED) is 0.796. The minimum Gasteiger partial charge on any atom is -0.460 e. The Morgan fingerprint density at radius 2 is 1.55 bits per heavy atom. The maximum absolute atomic E-state index is 12.0. The number of rotatable bonds is 5.